The molecule has 1 heterocycles. The Kier molecular flexibility index (Phi) is 8.21. The second-order valence-corrected chi connectivity index (χ2v) is 8.37. The highest BCUT2D eigenvalue weighted by Crippen LogP contribution is 2.47. The number of ether oxygens (including phenoxy) is 1. The average molecular weight is 481 g/mol. The van der Waals surface area contributed by atoms with Gasteiger partial charge in [0.2, 0.25) is 0 Å². The molecule has 1 unspecified atom stereocenters. The van der Waals surface area contributed by atoms with Crippen LogP contribution in [0.2, 0.25) is 0 Å². The number of allylic oxidation sites excluding steroid dienone is 4. The summed E-state index contributed by atoms with van der Waals surface area (Å²) in [5.41, 5.74) is 5.53. The molecule has 0 aromatic heterocycles. The van der Waals surface area contributed by atoms with Crippen LogP contribution in [0, 0.1) is 0 Å². The van der Waals surface area contributed by atoms with Crippen LogP contribution in [0.1, 0.15) is 61.5 Å². The fourth-order valence-corrected chi connectivity index (χ4v) is 5.02. The molecule has 1 aliphatic carbocycles. The SMILES string of the molecule is CCN(CC)c1ccc2c(c1)OC1=C(C=CC(=[N+](CC)CC)C1)C2c1ccccc1C(=O)O.[Cl-]. The van der Waals surface area contributed by atoms with Crippen LogP contribution in [0.3, 0.4) is 0 Å². The van der Waals surface area contributed by atoms with E-state index < -0.39 is 5.97 Å². The molecule has 34 heavy (non-hydrogen) atoms. The molecule has 0 fully saturated rings. The van der Waals surface area contributed by atoms with Gasteiger partial charge in [0.1, 0.15) is 24.6 Å². The van der Waals surface area contributed by atoms with Crippen LogP contribution in [0.4, 0.5) is 5.69 Å². The van der Waals surface area contributed by atoms with Crippen molar-refractivity contribution < 1.29 is 31.6 Å². The maximum atomic E-state index is 12.1. The van der Waals surface area contributed by atoms with E-state index in [1.165, 1.54) is 5.71 Å². The Morgan fingerprint density at radius 2 is 1.74 bits per heavy atom. The monoisotopic (exact) mass is 480 g/mol. The smallest absolute Gasteiger partial charge is 0.335 e. The Morgan fingerprint density at radius 3 is 2.38 bits per heavy atom. The summed E-state index contributed by atoms with van der Waals surface area (Å²) in [6.45, 7) is 12.3. The van der Waals surface area contributed by atoms with Gasteiger partial charge in [0.25, 0.3) is 0 Å². The molecule has 2 aromatic carbocycles. The number of carboxylic acid groups (broad SMARTS) is 1. The van der Waals surface area contributed by atoms with E-state index in [1.54, 1.807) is 12.1 Å². The Balaban J connectivity index is 0.00000324. The molecule has 6 heteroatoms. The molecule has 0 radical (unpaired) electrons. The fraction of sp³-hybridized carbons (Fsp3) is 0.357. The number of carbonyl (C=O) groups is 1. The minimum Gasteiger partial charge on any atom is -1.00 e. The highest BCUT2D eigenvalue weighted by atomic mass is 35.5. The molecule has 0 saturated heterocycles. The molecule has 1 N–H and O–H groups in total. The number of hydrogen-bond donors (Lipinski definition) is 1. The second-order valence-electron chi connectivity index (χ2n) is 8.37. The van der Waals surface area contributed by atoms with Crippen molar-refractivity contribution in [3.63, 3.8) is 0 Å². The molecular formula is C28H33ClN2O3. The lowest BCUT2D eigenvalue weighted by Gasteiger charge is -2.33. The zero-order chi connectivity index (χ0) is 23.5. The van der Waals surface area contributed by atoms with E-state index in [4.69, 9.17) is 4.74 Å². The van der Waals surface area contributed by atoms with Gasteiger partial charge in [-0.15, -0.1) is 0 Å². The summed E-state index contributed by atoms with van der Waals surface area (Å²) in [5.74, 6) is 0.637. The first-order valence-electron chi connectivity index (χ1n) is 11.9. The van der Waals surface area contributed by atoms with Gasteiger partial charge in [0.15, 0.2) is 5.71 Å². The van der Waals surface area contributed by atoms with Crippen molar-refractivity contribution >= 4 is 17.4 Å². The maximum Gasteiger partial charge on any atom is 0.335 e. The van der Waals surface area contributed by atoms with Crippen LogP contribution in [-0.2, 0) is 0 Å². The molecule has 2 aromatic rings. The third kappa shape index (κ3) is 4.62. The van der Waals surface area contributed by atoms with Gasteiger partial charge in [-0.3, -0.25) is 0 Å². The van der Waals surface area contributed by atoms with E-state index in [-0.39, 0.29) is 18.3 Å². The van der Waals surface area contributed by atoms with Crippen LogP contribution < -0.4 is 22.0 Å². The lowest BCUT2D eigenvalue weighted by atomic mass is 9.78. The Bertz CT molecular complexity index is 1160. The fourth-order valence-electron chi connectivity index (χ4n) is 5.02. The summed E-state index contributed by atoms with van der Waals surface area (Å²) in [6.07, 6.45) is 4.99. The molecule has 5 nitrogen and oxygen atoms in total. The van der Waals surface area contributed by atoms with Gasteiger partial charge in [-0.05, 0) is 51.5 Å². The predicted octanol–water partition coefficient (Wildman–Crippen LogP) is 2.47. The van der Waals surface area contributed by atoms with E-state index >= 15 is 0 Å². The number of halogens is 1. The first-order chi connectivity index (χ1) is 16.0. The highest BCUT2D eigenvalue weighted by Gasteiger charge is 2.35. The minimum atomic E-state index is -0.907. The molecule has 0 saturated carbocycles. The zero-order valence-corrected chi connectivity index (χ0v) is 21.1. The van der Waals surface area contributed by atoms with Gasteiger partial charge in [0, 0.05) is 48.0 Å². The lowest BCUT2D eigenvalue weighted by molar-refractivity contribution is -0.521. The standard InChI is InChI=1S/C28H32N2O3.ClH/c1-5-29(6-2)19-13-15-23-25(17-19)33-26-18-20(30(7-3)8-4)14-16-24(26)27(23)21-11-9-10-12-22(21)28(31)32;/h9-17,27H,5-8,18H2,1-4H3;1H. The molecule has 0 bridgehead atoms. The van der Waals surface area contributed by atoms with Crippen molar-refractivity contribution in [2.75, 3.05) is 31.1 Å². The number of hydrogen-bond acceptors (Lipinski definition) is 3. The van der Waals surface area contributed by atoms with Crippen molar-refractivity contribution in [3.8, 4) is 5.75 Å². The van der Waals surface area contributed by atoms with Crippen LogP contribution in [0.25, 0.3) is 0 Å². The topological polar surface area (TPSA) is 52.8 Å². The summed E-state index contributed by atoms with van der Waals surface area (Å²) >= 11 is 0. The number of anilines is 1. The highest BCUT2D eigenvalue weighted by molar-refractivity contribution is 5.95. The van der Waals surface area contributed by atoms with Gasteiger partial charge in [-0.2, -0.15) is 0 Å². The molecule has 2 aliphatic rings. The molecule has 4 rings (SSSR count). The number of nitrogens with zero attached hydrogens (tertiary/aromatic N) is 2. The Labute approximate surface area is 208 Å². The van der Waals surface area contributed by atoms with E-state index in [2.05, 4.69) is 67.5 Å². The molecule has 0 spiro atoms. The largest absolute Gasteiger partial charge is 1.00 e. The Morgan fingerprint density at radius 1 is 1.03 bits per heavy atom. The lowest BCUT2D eigenvalue weighted by Crippen LogP contribution is -3.00. The third-order valence-corrected chi connectivity index (χ3v) is 6.77. The van der Waals surface area contributed by atoms with Crippen LogP contribution in [-0.4, -0.2) is 47.5 Å². The number of benzene rings is 2. The number of carboxylic acids is 1. The van der Waals surface area contributed by atoms with Crippen molar-refractivity contribution in [1.82, 2.24) is 0 Å². The normalized spacial score (nSPS) is 16.2. The predicted molar refractivity (Wildman–Crippen MR) is 133 cm³/mol. The summed E-state index contributed by atoms with van der Waals surface area (Å²) < 4.78 is 8.88. The van der Waals surface area contributed by atoms with Crippen molar-refractivity contribution in [3.05, 3.63) is 82.6 Å². The van der Waals surface area contributed by atoms with Crippen LogP contribution in [0.5, 0.6) is 5.75 Å². The molecular weight excluding hydrogens is 448 g/mol. The molecule has 0 amide bonds. The van der Waals surface area contributed by atoms with Crippen LogP contribution in [0.15, 0.2) is 65.9 Å². The van der Waals surface area contributed by atoms with Crippen LogP contribution >= 0.6 is 0 Å². The van der Waals surface area contributed by atoms with Gasteiger partial charge in [0.05, 0.1) is 12.0 Å². The van der Waals surface area contributed by atoms with Gasteiger partial charge in [-0.25, -0.2) is 9.37 Å². The van der Waals surface area contributed by atoms with Gasteiger partial charge < -0.3 is 27.2 Å². The summed E-state index contributed by atoms with van der Waals surface area (Å²) in [7, 11) is 0. The molecule has 180 valence electrons. The molecule has 1 aliphatic heterocycles. The van der Waals surface area contributed by atoms with E-state index in [0.29, 0.717) is 12.0 Å². The Hall–Kier alpha value is -3.05. The van der Waals surface area contributed by atoms with Crippen molar-refractivity contribution in [1.29, 1.82) is 0 Å². The summed E-state index contributed by atoms with van der Waals surface area (Å²) in [4.78, 5) is 14.4. The van der Waals surface area contributed by atoms with Crippen molar-refractivity contribution in [2.24, 2.45) is 0 Å². The average Bonchev–Trinajstić information content (AvgIpc) is 2.84. The minimum absolute atomic E-state index is 0. The third-order valence-electron chi connectivity index (χ3n) is 6.77. The maximum absolute atomic E-state index is 12.1. The second kappa shape index (κ2) is 10.9. The zero-order valence-electron chi connectivity index (χ0n) is 20.3. The summed E-state index contributed by atoms with van der Waals surface area (Å²) in [6, 6.07) is 13.7. The first kappa shape index (κ1) is 25.6. The number of aromatic carboxylic acids is 1. The number of fused-ring (bicyclic) bond motifs is 1. The molecule has 1 atom stereocenters. The van der Waals surface area contributed by atoms with Gasteiger partial charge >= 0.3 is 5.97 Å². The quantitative estimate of drug-likeness (QED) is 0.619. The van der Waals surface area contributed by atoms with E-state index in [1.807, 2.05) is 12.1 Å². The van der Waals surface area contributed by atoms with E-state index in [9.17, 15) is 9.90 Å². The van der Waals surface area contributed by atoms with E-state index in [0.717, 1.165) is 60.1 Å². The number of rotatable bonds is 7. The first-order valence-corrected chi connectivity index (χ1v) is 11.9. The summed E-state index contributed by atoms with van der Waals surface area (Å²) in [5, 5.41) is 9.92. The van der Waals surface area contributed by atoms with Crippen molar-refractivity contribution in [2.45, 2.75) is 40.0 Å². The van der Waals surface area contributed by atoms with Gasteiger partial charge in [-0.1, -0.05) is 24.3 Å².